The molecule has 1 heterocycles. The zero-order chi connectivity index (χ0) is 12.3. The van der Waals surface area contributed by atoms with Crippen LogP contribution in [0.1, 0.15) is 19.3 Å². The molecule has 0 aromatic carbocycles. The normalized spacial score (nSPS) is 15.5. The molecule has 0 unspecified atom stereocenters. The minimum absolute atomic E-state index is 0.826. The highest BCUT2D eigenvalue weighted by Crippen LogP contribution is 2.28. The van der Waals surface area contributed by atoms with Crippen LogP contribution in [0, 0.1) is 5.92 Å². The van der Waals surface area contributed by atoms with Crippen LogP contribution in [-0.2, 0) is 0 Å². The fraction of sp³-hybridized carbons (Fsp3) is 0.667. The Hall–Kier alpha value is -0.970. The molecule has 0 radical (unpaired) electrons. The maximum Gasteiger partial charge on any atom is 0.191 e. The molecule has 94 valence electrons. The molecule has 1 aromatic heterocycles. The fourth-order valence-electron chi connectivity index (χ4n) is 1.98. The average molecular weight is 252 g/mol. The van der Waals surface area contributed by atoms with Gasteiger partial charge in [-0.15, -0.1) is 0 Å². The molecular formula is C12H20N4S. The maximum atomic E-state index is 4.55. The van der Waals surface area contributed by atoms with Crippen LogP contribution in [0.2, 0.25) is 0 Å². The summed E-state index contributed by atoms with van der Waals surface area (Å²) in [4.78, 5) is 11.2. The molecule has 1 aliphatic carbocycles. The highest BCUT2D eigenvalue weighted by molar-refractivity contribution is 7.98. The van der Waals surface area contributed by atoms with Gasteiger partial charge in [0.15, 0.2) is 5.16 Å². The fourth-order valence-corrected chi connectivity index (χ4v) is 2.36. The largest absolute Gasteiger partial charge is 0.373 e. The first kappa shape index (κ1) is 12.5. The molecular weight excluding hydrogens is 232 g/mol. The van der Waals surface area contributed by atoms with Crippen LogP contribution in [-0.4, -0.2) is 36.9 Å². The van der Waals surface area contributed by atoms with Gasteiger partial charge < -0.3 is 10.2 Å². The second-order valence-corrected chi connectivity index (χ2v) is 5.30. The van der Waals surface area contributed by atoms with Crippen LogP contribution < -0.4 is 10.2 Å². The van der Waals surface area contributed by atoms with Crippen LogP contribution in [0.15, 0.2) is 11.2 Å². The summed E-state index contributed by atoms with van der Waals surface area (Å²) in [5.41, 5.74) is 0. The summed E-state index contributed by atoms with van der Waals surface area (Å²) in [6, 6.07) is 2.01. The lowest BCUT2D eigenvalue weighted by molar-refractivity contribution is 0.321. The third kappa shape index (κ3) is 3.03. The van der Waals surface area contributed by atoms with E-state index in [1.165, 1.54) is 19.3 Å². The third-order valence-electron chi connectivity index (χ3n) is 3.28. The zero-order valence-electron chi connectivity index (χ0n) is 10.7. The average Bonchev–Trinajstić information content (AvgIpc) is 2.32. The van der Waals surface area contributed by atoms with Crippen molar-refractivity contribution >= 4 is 23.4 Å². The summed E-state index contributed by atoms with van der Waals surface area (Å²) in [5.74, 6) is 2.76. The van der Waals surface area contributed by atoms with Crippen molar-refractivity contribution in [1.82, 2.24) is 9.97 Å². The highest BCUT2D eigenvalue weighted by atomic mass is 32.2. The van der Waals surface area contributed by atoms with Gasteiger partial charge in [0.1, 0.15) is 11.6 Å². The van der Waals surface area contributed by atoms with Gasteiger partial charge in [-0.05, 0) is 25.0 Å². The molecule has 1 aliphatic rings. The molecule has 2 rings (SSSR count). The molecule has 1 fully saturated rings. The second-order valence-electron chi connectivity index (χ2n) is 4.53. The number of nitrogens with one attached hydrogen (secondary N) is 1. The van der Waals surface area contributed by atoms with Gasteiger partial charge >= 0.3 is 0 Å². The number of rotatable bonds is 5. The van der Waals surface area contributed by atoms with Gasteiger partial charge in [0.25, 0.3) is 0 Å². The smallest absolute Gasteiger partial charge is 0.191 e. The lowest BCUT2D eigenvalue weighted by Gasteiger charge is -2.30. The Kier molecular flexibility index (Phi) is 4.10. The first-order valence-corrected chi connectivity index (χ1v) is 7.27. The van der Waals surface area contributed by atoms with Gasteiger partial charge in [0, 0.05) is 26.7 Å². The number of anilines is 2. The Bertz CT molecular complexity index is 357. The predicted octanol–water partition coefficient (Wildman–Crippen LogP) is 2.48. The van der Waals surface area contributed by atoms with E-state index >= 15 is 0 Å². The van der Waals surface area contributed by atoms with Crippen LogP contribution >= 0.6 is 11.8 Å². The van der Waals surface area contributed by atoms with Crippen LogP contribution in [0.4, 0.5) is 11.6 Å². The summed E-state index contributed by atoms with van der Waals surface area (Å²) in [5, 5.41) is 3.91. The van der Waals surface area contributed by atoms with Crippen molar-refractivity contribution in [2.45, 2.75) is 24.4 Å². The van der Waals surface area contributed by atoms with Crippen molar-refractivity contribution in [2.24, 2.45) is 5.92 Å². The van der Waals surface area contributed by atoms with Gasteiger partial charge in [0.2, 0.25) is 0 Å². The van der Waals surface area contributed by atoms with E-state index in [4.69, 9.17) is 0 Å². The van der Waals surface area contributed by atoms with Crippen LogP contribution in [0.5, 0.6) is 0 Å². The lowest BCUT2D eigenvalue weighted by atomic mass is 9.85. The quantitative estimate of drug-likeness (QED) is 0.644. The molecule has 0 bridgehead atoms. The second kappa shape index (κ2) is 5.58. The molecule has 0 aliphatic heterocycles. The Labute approximate surface area is 107 Å². The number of hydrogen-bond donors (Lipinski definition) is 1. The number of hydrogen-bond acceptors (Lipinski definition) is 5. The SMILES string of the molecule is CNc1cc(N(C)CC2CCC2)nc(SC)n1. The molecule has 1 saturated carbocycles. The van der Waals surface area contributed by atoms with Crippen LogP contribution in [0.3, 0.4) is 0 Å². The summed E-state index contributed by atoms with van der Waals surface area (Å²) in [6.07, 6.45) is 6.12. The molecule has 0 spiro atoms. The monoisotopic (exact) mass is 252 g/mol. The molecule has 17 heavy (non-hydrogen) atoms. The highest BCUT2D eigenvalue weighted by Gasteiger charge is 2.20. The van der Waals surface area contributed by atoms with Crippen LogP contribution in [0.25, 0.3) is 0 Å². The van der Waals surface area contributed by atoms with Gasteiger partial charge in [-0.3, -0.25) is 0 Å². The van der Waals surface area contributed by atoms with Crippen molar-refractivity contribution in [1.29, 1.82) is 0 Å². The number of thioether (sulfide) groups is 1. The number of aromatic nitrogens is 2. The van der Waals surface area contributed by atoms with Gasteiger partial charge in [0.05, 0.1) is 0 Å². The first-order chi connectivity index (χ1) is 8.22. The molecule has 0 amide bonds. The van der Waals surface area contributed by atoms with E-state index in [0.717, 1.165) is 29.3 Å². The summed E-state index contributed by atoms with van der Waals surface area (Å²) >= 11 is 1.58. The predicted molar refractivity (Wildman–Crippen MR) is 74.0 cm³/mol. The van der Waals surface area contributed by atoms with Crippen molar-refractivity contribution < 1.29 is 0 Å². The summed E-state index contributed by atoms with van der Waals surface area (Å²) < 4.78 is 0. The van der Waals surface area contributed by atoms with E-state index in [1.807, 2.05) is 19.4 Å². The van der Waals surface area contributed by atoms with Gasteiger partial charge in [-0.25, -0.2) is 9.97 Å². The summed E-state index contributed by atoms with van der Waals surface area (Å²) in [6.45, 7) is 1.11. The van der Waals surface area contributed by atoms with Crippen molar-refractivity contribution in [3.05, 3.63) is 6.07 Å². The molecule has 1 aromatic rings. The van der Waals surface area contributed by atoms with Crippen molar-refractivity contribution in [2.75, 3.05) is 37.1 Å². The maximum absolute atomic E-state index is 4.55. The van der Waals surface area contributed by atoms with E-state index in [1.54, 1.807) is 11.8 Å². The van der Waals surface area contributed by atoms with E-state index in [9.17, 15) is 0 Å². The Morgan fingerprint density at radius 2 is 2.24 bits per heavy atom. The lowest BCUT2D eigenvalue weighted by Crippen LogP contribution is -2.30. The first-order valence-electron chi connectivity index (χ1n) is 6.05. The van der Waals surface area contributed by atoms with Crippen molar-refractivity contribution in [3.63, 3.8) is 0 Å². The minimum atomic E-state index is 0.826. The molecule has 4 nitrogen and oxygen atoms in total. The molecule has 5 heteroatoms. The topological polar surface area (TPSA) is 41.0 Å². The number of nitrogens with zero attached hydrogens (tertiary/aromatic N) is 3. The Morgan fingerprint density at radius 3 is 2.76 bits per heavy atom. The standard InChI is InChI=1S/C12H20N4S/c1-13-10-7-11(15-12(14-10)17-3)16(2)8-9-5-4-6-9/h7,9H,4-6,8H2,1-3H3,(H,13,14,15). The molecule has 1 N–H and O–H groups in total. The Balaban J connectivity index is 2.11. The van der Waals surface area contributed by atoms with E-state index in [-0.39, 0.29) is 0 Å². The van der Waals surface area contributed by atoms with E-state index < -0.39 is 0 Å². The molecule has 0 atom stereocenters. The zero-order valence-corrected chi connectivity index (χ0v) is 11.5. The van der Waals surface area contributed by atoms with Gasteiger partial charge in [-0.1, -0.05) is 18.2 Å². The Morgan fingerprint density at radius 1 is 1.47 bits per heavy atom. The van der Waals surface area contributed by atoms with E-state index in [2.05, 4.69) is 27.2 Å². The summed E-state index contributed by atoms with van der Waals surface area (Å²) in [7, 11) is 4.01. The van der Waals surface area contributed by atoms with Crippen molar-refractivity contribution in [3.8, 4) is 0 Å². The van der Waals surface area contributed by atoms with E-state index in [0.29, 0.717) is 0 Å². The third-order valence-corrected chi connectivity index (χ3v) is 3.83. The minimum Gasteiger partial charge on any atom is -0.373 e. The van der Waals surface area contributed by atoms with Gasteiger partial charge in [-0.2, -0.15) is 0 Å². The molecule has 0 saturated heterocycles.